The van der Waals surface area contributed by atoms with Crippen molar-refractivity contribution in [2.45, 2.75) is 38.8 Å². The lowest BCUT2D eigenvalue weighted by atomic mass is 10.1. The van der Waals surface area contributed by atoms with Crippen LogP contribution in [-0.4, -0.2) is 86.7 Å². The lowest BCUT2D eigenvalue weighted by molar-refractivity contribution is 0.206. The van der Waals surface area contributed by atoms with E-state index in [0.717, 1.165) is 44.5 Å². The number of rotatable bonds is 6. The third-order valence-electron chi connectivity index (χ3n) is 5.81. The molecule has 2 N–H and O–H groups in total. The van der Waals surface area contributed by atoms with Crippen molar-refractivity contribution in [3.63, 3.8) is 0 Å². The van der Waals surface area contributed by atoms with E-state index in [-0.39, 0.29) is 0 Å². The normalized spacial score (nSPS) is 20.4. The summed E-state index contributed by atoms with van der Waals surface area (Å²) in [5, 5.41) is 7.12. The molecule has 156 valence electrons. The third kappa shape index (κ3) is 5.82. The molecule has 1 aromatic heterocycles. The van der Waals surface area contributed by atoms with Crippen LogP contribution in [0.15, 0.2) is 23.3 Å². The maximum Gasteiger partial charge on any atom is 0.191 e. The molecule has 0 amide bonds. The second-order valence-corrected chi connectivity index (χ2v) is 7.96. The lowest BCUT2D eigenvalue weighted by Gasteiger charge is -2.34. The molecule has 2 aliphatic rings. The zero-order valence-corrected chi connectivity index (χ0v) is 17.8. The van der Waals surface area contributed by atoms with E-state index in [1.165, 1.54) is 44.5 Å². The fourth-order valence-electron chi connectivity index (χ4n) is 4.06. The van der Waals surface area contributed by atoms with Crippen LogP contribution in [0, 0.1) is 0 Å². The first-order valence-corrected chi connectivity index (χ1v) is 10.8. The average Bonchev–Trinajstić information content (AvgIpc) is 2.73. The maximum atomic E-state index is 4.67. The van der Waals surface area contributed by atoms with Gasteiger partial charge in [0, 0.05) is 70.7 Å². The summed E-state index contributed by atoms with van der Waals surface area (Å²) in [6, 6.07) is 4.70. The van der Waals surface area contributed by atoms with E-state index in [4.69, 9.17) is 0 Å². The minimum absolute atomic E-state index is 0.505. The Labute approximate surface area is 170 Å². The van der Waals surface area contributed by atoms with E-state index in [1.54, 1.807) is 0 Å². The number of hydrogen-bond donors (Lipinski definition) is 2. The Kier molecular flexibility index (Phi) is 7.91. The summed E-state index contributed by atoms with van der Waals surface area (Å²) in [4.78, 5) is 16.5. The molecule has 0 unspecified atom stereocenters. The van der Waals surface area contributed by atoms with Gasteiger partial charge in [0.15, 0.2) is 5.96 Å². The second kappa shape index (κ2) is 10.6. The van der Waals surface area contributed by atoms with Gasteiger partial charge < -0.3 is 25.3 Å². The van der Waals surface area contributed by atoms with Crippen LogP contribution < -0.4 is 15.5 Å². The zero-order chi connectivity index (χ0) is 19.8. The van der Waals surface area contributed by atoms with E-state index >= 15 is 0 Å². The van der Waals surface area contributed by atoms with Gasteiger partial charge in [0.25, 0.3) is 0 Å². The summed E-state index contributed by atoms with van der Waals surface area (Å²) in [6.07, 6.45) is 5.50. The third-order valence-corrected chi connectivity index (χ3v) is 5.81. The molecule has 2 fully saturated rings. The Morgan fingerprint density at radius 1 is 1.18 bits per heavy atom. The first-order valence-electron chi connectivity index (χ1n) is 10.8. The summed E-state index contributed by atoms with van der Waals surface area (Å²) >= 11 is 0. The number of pyridine rings is 1. The number of nitrogens with one attached hydrogen (secondary N) is 2. The van der Waals surface area contributed by atoms with Crippen LogP contribution in [0.25, 0.3) is 0 Å². The van der Waals surface area contributed by atoms with Crippen LogP contribution >= 0.6 is 0 Å². The molecular formula is C21H37N7. The van der Waals surface area contributed by atoms with Crippen molar-refractivity contribution in [1.29, 1.82) is 0 Å². The molecule has 1 aromatic rings. The van der Waals surface area contributed by atoms with Crippen molar-refractivity contribution in [2.75, 3.05) is 64.8 Å². The van der Waals surface area contributed by atoms with Crippen LogP contribution in [0.5, 0.6) is 0 Å². The first kappa shape index (κ1) is 20.9. The van der Waals surface area contributed by atoms with Crippen molar-refractivity contribution in [3.8, 4) is 0 Å². The van der Waals surface area contributed by atoms with Crippen molar-refractivity contribution in [2.24, 2.45) is 4.99 Å². The van der Waals surface area contributed by atoms with E-state index in [2.05, 4.69) is 55.3 Å². The number of aliphatic imine (C=N–C) groups is 1. The molecule has 28 heavy (non-hydrogen) atoms. The van der Waals surface area contributed by atoms with Gasteiger partial charge in [-0.15, -0.1) is 0 Å². The van der Waals surface area contributed by atoms with Crippen LogP contribution in [0.2, 0.25) is 0 Å². The smallest absolute Gasteiger partial charge is 0.191 e. The standard InChI is InChI=1S/C21H37N7/c1-4-10-27-11-7-19(8-12-27)25-21(22-2)24-17-18-6-5-9-23-20(18)28-15-13-26(3)14-16-28/h5-6,9,19H,4,7-8,10-17H2,1-3H3,(H2,22,24,25). The summed E-state index contributed by atoms with van der Waals surface area (Å²) in [5.41, 5.74) is 1.23. The molecule has 2 aliphatic heterocycles. The van der Waals surface area contributed by atoms with Crippen LogP contribution in [-0.2, 0) is 6.54 Å². The fourth-order valence-corrected chi connectivity index (χ4v) is 4.06. The van der Waals surface area contributed by atoms with Gasteiger partial charge >= 0.3 is 0 Å². The molecule has 0 spiro atoms. The molecule has 7 nitrogen and oxygen atoms in total. The predicted molar refractivity (Wildman–Crippen MR) is 117 cm³/mol. The highest BCUT2D eigenvalue weighted by Crippen LogP contribution is 2.18. The highest BCUT2D eigenvalue weighted by molar-refractivity contribution is 5.80. The molecule has 3 heterocycles. The SMILES string of the molecule is CCCN1CCC(NC(=NC)NCc2cccnc2N2CCN(C)CC2)CC1. The van der Waals surface area contributed by atoms with Gasteiger partial charge in [-0.1, -0.05) is 13.0 Å². The number of nitrogens with zero attached hydrogens (tertiary/aromatic N) is 5. The zero-order valence-electron chi connectivity index (χ0n) is 17.8. The molecule has 0 bridgehead atoms. The van der Waals surface area contributed by atoms with E-state index in [9.17, 15) is 0 Å². The van der Waals surface area contributed by atoms with E-state index in [1.807, 2.05) is 19.3 Å². The quantitative estimate of drug-likeness (QED) is 0.568. The van der Waals surface area contributed by atoms with Crippen LogP contribution in [0.1, 0.15) is 31.7 Å². The van der Waals surface area contributed by atoms with Crippen molar-refractivity contribution >= 4 is 11.8 Å². The number of piperidine rings is 1. The van der Waals surface area contributed by atoms with E-state index in [0.29, 0.717) is 6.04 Å². The van der Waals surface area contributed by atoms with Gasteiger partial charge in [0.1, 0.15) is 5.82 Å². The first-order chi connectivity index (χ1) is 13.7. The largest absolute Gasteiger partial charge is 0.354 e. The monoisotopic (exact) mass is 387 g/mol. The van der Waals surface area contributed by atoms with Gasteiger partial charge in [-0.05, 0) is 38.9 Å². The maximum absolute atomic E-state index is 4.67. The number of aromatic nitrogens is 1. The molecule has 3 rings (SSSR count). The number of likely N-dealkylation sites (tertiary alicyclic amines) is 1. The second-order valence-electron chi connectivity index (χ2n) is 7.96. The van der Waals surface area contributed by atoms with Crippen molar-refractivity contribution in [3.05, 3.63) is 23.9 Å². The molecule has 0 aliphatic carbocycles. The fraction of sp³-hybridized carbons (Fsp3) is 0.714. The number of piperazine rings is 1. The van der Waals surface area contributed by atoms with Gasteiger partial charge in [0.2, 0.25) is 0 Å². The Hall–Kier alpha value is -1.86. The molecule has 0 aromatic carbocycles. The molecule has 0 saturated carbocycles. The minimum atomic E-state index is 0.505. The summed E-state index contributed by atoms with van der Waals surface area (Å²) in [6.45, 7) is 10.8. The van der Waals surface area contributed by atoms with Crippen molar-refractivity contribution in [1.82, 2.24) is 25.4 Å². The van der Waals surface area contributed by atoms with Gasteiger partial charge in [-0.2, -0.15) is 0 Å². The molecule has 7 heteroatoms. The number of anilines is 1. The minimum Gasteiger partial charge on any atom is -0.354 e. The summed E-state index contributed by atoms with van der Waals surface area (Å²) in [5.74, 6) is 1.99. The summed E-state index contributed by atoms with van der Waals surface area (Å²) in [7, 11) is 4.03. The molecular weight excluding hydrogens is 350 g/mol. The van der Waals surface area contributed by atoms with E-state index < -0.39 is 0 Å². The average molecular weight is 388 g/mol. The highest BCUT2D eigenvalue weighted by Gasteiger charge is 2.20. The topological polar surface area (TPSA) is 59.0 Å². The van der Waals surface area contributed by atoms with Crippen LogP contribution in [0.4, 0.5) is 5.82 Å². The Morgan fingerprint density at radius 3 is 2.61 bits per heavy atom. The van der Waals surface area contributed by atoms with Gasteiger partial charge in [0.05, 0.1) is 0 Å². The molecule has 0 atom stereocenters. The lowest BCUT2D eigenvalue weighted by Crippen LogP contribution is -2.48. The Morgan fingerprint density at radius 2 is 1.93 bits per heavy atom. The number of likely N-dealkylation sites (N-methyl/N-ethyl adjacent to an activating group) is 1. The number of guanidine groups is 1. The Balaban J connectivity index is 1.52. The predicted octanol–water partition coefficient (Wildman–Crippen LogP) is 1.37. The van der Waals surface area contributed by atoms with Gasteiger partial charge in [-0.25, -0.2) is 4.98 Å². The summed E-state index contributed by atoms with van der Waals surface area (Å²) < 4.78 is 0. The molecule has 0 radical (unpaired) electrons. The van der Waals surface area contributed by atoms with Crippen molar-refractivity contribution < 1.29 is 0 Å². The highest BCUT2D eigenvalue weighted by atomic mass is 15.3. The molecule has 2 saturated heterocycles. The Bertz CT molecular complexity index is 617. The number of hydrogen-bond acceptors (Lipinski definition) is 5. The van der Waals surface area contributed by atoms with Gasteiger partial charge in [-0.3, -0.25) is 4.99 Å². The van der Waals surface area contributed by atoms with Crippen LogP contribution in [0.3, 0.4) is 0 Å².